The Labute approximate surface area is 281 Å². The first kappa shape index (κ1) is 37.7. The van der Waals surface area contributed by atoms with Gasteiger partial charge in [0.05, 0.1) is 24.8 Å². The number of hydrogen-bond acceptors (Lipinski definition) is 6. The molecule has 3 rings (SSSR count). The summed E-state index contributed by atoms with van der Waals surface area (Å²) in [6.45, 7) is 12.7. The minimum Gasteiger partial charge on any atom is -0.489 e. The predicted molar refractivity (Wildman–Crippen MR) is 188 cm³/mol. The van der Waals surface area contributed by atoms with E-state index in [9.17, 15) is 19.8 Å². The molecule has 0 aliphatic heterocycles. The van der Waals surface area contributed by atoms with Gasteiger partial charge in [0.2, 0.25) is 11.8 Å². The lowest BCUT2D eigenvalue weighted by molar-refractivity contribution is -0.133. The van der Waals surface area contributed by atoms with Crippen LogP contribution in [0.2, 0.25) is 0 Å². The summed E-state index contributed by atoms with van der Waals surface area (Å²) in [7, 11) is 1.94. The Hall–Kier alpha value is -3.72. The SMILES string of the molecule is CCC(CO)(CO)NC(=O)[C@H](Cc1ccc(OCc2ccccc2)cc1)NC(=O)[C@@H](CC(C)C)N(C)Cc1ccc(C(C)(C)C)cc1. The first-order valence-electron chi connectivity index (χ1n) is 16.7. The molecule has 2 atom stereocenters. The van der Waals surface area contributed by atoms with Gasteiger partial charge in [-0.3, -0.25) is 14.5 Å². The van der Waals surface area contributed by atoms with Crippen LogP contribution in [-0.4, -0.2) is 64.8 Å². The smallest absolute Gasteiger partial charge is 0.243 e. The van der Waals surface area contributed by atoms with E-state index in [1.165, 1.54) is 5.56 Å². The maximum Gasteiger partial charge on any atom is 0.243 e. The van der Waals surface area contributed by atoms with E-state index < -0.39 is 36.7 Å². The normalized spacial score (nSPS) is 13.3. The number of hydrogen-bond donors (Lipinski definition) is 4. The summed E-state index contributed by atoms with van der Waals surface area (Å²) in [6, 6.07) is 24.5. The molecule has 8 nitrogen and oxygen atoms in total. The standard InChI is InChI=1S/C39H55N3O5/c1-8-39(26-43,27-44)41-36(45)34(23-29-16-20-33(21-17-29)47-25-31-12-10-9-11-13-31)40-37(46)35(22-28(2)3)42(7)24-30-14-18-32(19-15-30)38(4,5)6/h9-21,28,34-35,43-44H,8,22-27H2,1-7H3,(H,40,46)(H,41,45)/t34-,35+/m0/s1. The lowest BCUT2D eigenvalue weighted by Gasteiger charge is -2.33. The number of aliphatic hydroxyl groups excluding tert-OH is 2. The Morgan fingerprint density at radius 2 is 1.43 bits per heavy atom. The average Bonchev–Trinajstić information content (AvgIpc) is 3.05. The Morgan fingerprint density at radius 1 is 0.830 bits per heavy atom. The van der Waals surface area contributed by atoms with Crippen molar-refractivity contribution in [1.29, 1.82) is 0 Å². The second-order valence-electron chi connectivity index (χ2n) is 14.1. The molecule has 3 aromatic rings. The van der Waals surface area contributed by atoms with Crippen molar-refractivity contribution in [2.75, 3.05) is 20.3 Å². The summed E-state index contributed by atoms with van der Waals surface area (Å²) < 4.78 is 5.93. The molecule has 0 aromatic heterocycles. The number of likely N-dealkylation sites (N-methyl/N-ethyl adjacent to an activating group) is 1. The molecule has 0 heterocycles. The number of ether oxygens (including phenoxy) is 1. The molecule has 256 valence electrons. The van der Waals surface area contributed by atoms with Crippen molar-refractivity contribution < 1.29 is 24.5 Å². The maximum atomic E-state index is 14.0. The summed E-state index contributed by atoms with van der Waals surface area (Å²) in [5.41, 5.74) is 3.11. The predicted octanol–water partition coefficient (Wildman–Crippen LogP) is 5.39. The number of nitrogens with one attached hydrogen (secondary N) is 2. The Bertz CT molecular complexity index is 1370. The monoisotopic (exact) mass is 645 g/mol. The highest BCUT2D eigenvalue weighted by Crippen LogP contribution is 2.23. The number of rotatable bonds is 17. The molecule has 3 aromatic carbocycles. The number of amides is 2. The van der Waals surface area contributed by atoms with Gasteiger partial charge in [-0.25, -0.2) is 0 Å². The zero-order valence-electron chi connectivity index (χ0n) is 29.3. The van der Waals surface area contributed by atoms with E-state index in [-0.39, 0.29) is 23.7 Å². The second kappa shape index (κ2) is 17.4. The van der Waals surface area contributed by atoms with Crippen molar-refractivity contribution >= 4 is 11.8 Å². The molecule has 0 bridgehead atoms. The first-order chi connectivity index (χ1) is 22.3. The van der Waals surface area contributed by atoms with Gasteiger partial charge in [-0.1, -0.05) is 108 Å². The first-order valence-corrected chi connectivity index (χ1v) is 16.7. The van der Waals surface area contributed by atoms with E-state index in [0.29, 0.717) is 31.7 Å². The highest BCUT2D eigenvalue weighted by molar-refractivity contribution is 5.90. The van der Waals surface area contributed by atoms with Gasteiger partial charge in [-0.05, 0) is 65.6 Å². The molecule has 0 spiro atoms. The molecule has 0 saturated carbocycles. The molecule has 0 saturated heterocycles. The fourth-order valence-electron chi connectivity index (χ4n) is 5.41. The van der Waals surface area contributed by atoms with Crippen molar-refractivity contribution in [2.24, 2.45) is 5.92 Å². The minimum absolute atomic E-state index is 0.0526. The van der Waals surface area contributed by atoms with E-state index >= 15 is 0 Å². The molecule has 8 heteroatoms. The van der Waals surface area contributed by atoms with Crippen LogP contribution in [-0.2, 0) is 34.6 Å². The van der Waals surface area contributed by atoms with Crippen LogP contribution in [0.4, 0.5) is 0 Å². The number of aliphatic hydroxyl groups is 2. The summed E-state index contributed by atoms with van der Waals surface area (Å²) in [4.78, 5) is 29.8. The van der Waals surface area contributed by atoms with Crippen LogP contribution in [0.25, 0.3) is 0 Å². The summed E-state index contributed by atoms with van der Waals surface area (Å²) in [6.07, 6.45) is 1.16. The third kappa shape index (κ3) is 11.5. The van der Waals surface area contributed by atoms with Gasteiger partial charge in [0.1, 0.15) is 18.4 Å². The minimum atomic E-state index is -1.19. The zero-order chi connectivity index (χ0) is 34.6. The quantitative estimate of drug-likeness (QED) is 0.157. The molecule has 0 radical (unpaired) electrons. The molecule has 0 unspecified atom stereocenters. The largest absolute Gasteiger partial charge is 0.489 e. The number of carbonyl (C=O) groups excluding carboxylic acids is 2. The summed E-state index contributed by atoms with van der Waals surface area (Å²) in [5.74, 6) is 0.230. The highest BCUT2D eigenvalue weighted by atomic mass is 16.5. The van der Waals surface area contributed by atoms with Crippen molar-refractivity contribution in [3.05, 3.63) is 101 Å². The van der Waals surface area contributed by atoms with Crippen LogP contribution in [0.5, 0.6) is 5.75 Å². The van der Waals surface area contributed by atoms with E-state index in [1.807, 2.05) is 66.5 Å². The average molecular weight is 646 g/mol. The maximum absolute atomic E-state index is 14.0. The number of carbonyl (C=O) groups is 2. The molecule has 4 N–H and O–H groups in total. The molecular formula is C39H55N3O5. The molecule has 2 amide bonds. The van der Waals surface area contributed by atoms with Gasteiger partial charge >= 0.3 is 0 Å². The van der Waals surface area contributed by atoms with E-state index in [1.54, 1.807) is 6.92 Å². The van der Waals surface area contributed by atoms with Gasteiger partial charge in [0.25, 0.3) is 0 Å². The van der Waals surface area contributed by atoms with Crippen molar-refractivity contribution in [1.82, 2.24) is 15.5 Å². The van der Waals surface area contributed by atoms with Crippen molar-refractivity contribution in [2.45, 2.75) is 97.0 Å². The fraction of sp³-hybridized carbons (Fsp3) is 0.487. The van der Waals surface area contributed by atoms with E-state index in [0.717, 1.165) is 16.7 Å². The fourth-order valence-corrected chi connectivity index (χ4v) is 5.41. The summed E-state index contributed by atoms with van der Waals surface area (Å²) in [5, 5.41) is 25.9. The molecular weight excluding hydrogens is 590 g/mol. The van der Waals surface area contributed by atoms with Gasteiger partial charge in [-0.2, -0.15) is 0 Å². The van der Waals surface area contributed by atoms with E-state index in [2.05, 4.69) is 69.5 Å². The molecule has 0 fully saturated rings. The Morgan fingerprint density at radius 3 is 1.96 bits per heavy atom. The zero-order valence-corrected chi connectivity index (χ0v) is 29.3. The number of benzene rings is 3. The molecule has 0 aliphatic carbocycles. The Kier molecular flexibility index (Phi) is 14.0. The van der Waals surface area contributed by atoms with Crippen LogP contribution in [0.1, 0.15) is 76.6 Å². The lowest BCUT2D eigenvalue weighted by Crippen LogP contribution is -2.60. The topological polar surface area (TPSA) is 111 Å². The van der Waals surface area contributed by atoms with Gasteiger partial charge < -0.3 is 25.6 Å². The van der Waals surface area contributed by atoms with Gasteiger partial charge in [0.15, 0.2) is 0 Å². The molecule has 0 aliphatic rings. The second-order valence-corrected chi connectivity index (χ2v) is 14.1. The third-order valence-electron chi connectivity index (χ3n) is 8.70. The van der Waals surface area contributed by atoms with Crippen LogP contribution in [0, 0.1) is 5.92 Å². The van der Waals surface area contributed by atoms with Gasteiger partial charge in [0, 0.05) is 13.0 Å². The van der Waals surface area contributed by atoms with Crippen LogP contribution >= 0.6 is 0 Å². The molecule has 47 heavy (non-hydrogen) atoms. The summed E-state index contributed by atoms with van der Waals surface area (Å²) >= 11 is 0. The lowest BCUT2D eigenvalue weighted by atomic mass is 9.86. The van der Waals surface area contributed by atoms with Crippen LogP contribution in [0.3, 0.4) is 0 Å². The highest BCUT2D eigenvalue weighted by Gasteiger charge is 2.34. The van der Waals surface area contributed by atoms with E-state index in [4.69, 9.17) is 4.74 Å². The van der Waals surface area contributed by atoms with Crippen LogP contribution < -0.4 is 15.4 Å². The number of nitrogens with zero attached hydrogens (tertiary/aromatic N) is 1. The van der Waals surface area contributed by atoms with Crippen LogP contribution in [0.15, 0.2) is 78.9 Å². The van der Waals surface area contributed by atoms with Gasteiger partial charge in [-0.15, -0.1) is 0 Å². The van der Waals surface area contributed by atoms with Crippen molar-refractivity contribution in [3.63, 3.8) is 0 Å². The Balaban J connectivity index is 1.80. The third-order valence-corrected chi connectivity index (χ3v) is 8.70. The van der Waals surface area contributed by atoms with Crippen molar-refractivity contribution in [3.8, 4) is 5.75 Å².